The molecule has 0 saturated carbocycles. The van der Waals surface area contributed by atoms with Crippen LogP contribution in [0.15, 0.2) is 54.7 Å². The SMILES string of the molecule is CN(C)c1cccc(NC(=O)c2cnn(-c3ccc(Cl)cc3)c2C(F)(F)F)c1. The van der Waals surface area contributed by atoms with Gasteiger partial charge in [0.05, 0.1) is 17.4 Å². The molecule has 28 heavy (non-hydrogen) atoms. The van der Waals surface area contributed by atoms with Gasteiger partial charge in [-0.1, -0.05) is 17.7 Å². The molecule has 3 rings (SSSR count). The first-order chi connectivity index (χ1) is 13.2. The van der Waals surface area contributed by atoms with Crippen LogP contribution in [0.5, 0.6) is 0 Å². The van der Waals surface area contributed by atoms with Crippen LogP contribution in [0.2, 0.25) is 5.02 Å². The lowest BCUT2D eigenvalue weighted by molar-refractivity contribution is -0.143. The van der Waals surface area contributed by atoms with E-state index in [0.29, 0.717) is 15.4 Å². The molecule has 0 radical (unpaired) electrons. The molecule has 0 unspecified atom stereocenters. The predicted molar refractivity (Wildman–Crippen MR) is 102 cm³/mol. The van der Waals surface area contributed by atoms with E-state index in [9.17, 15) is 18.0 Å². The van der Waals surface area contributed by atoms with Gasteiger partial charge in [0.1, 0.15) is 0 Å². The zero-order valence-corrected chi connectivity index (χ0v) is 15.7. The Morgan fingerprint density at radius 2 is 1.82 bits per heavy atom. The third-order valence-electron chi connectivity index (χ3n) is 3.97. The molecule has 0 atom stereocenters. The van der Waals surface area contributed by atoms with Crippen molar-refractivity contribution in [3.63, 3.8) is 0 Å². The Morgan fingerprint density at radius 3 is 2.43 bits per heavy atom. The molecular formula is C19H16ClF3N4O. The highest BCUT2D eigenvalue weighted by atomic mass is 35.5. The first-order valence-electron chi connectivity index (χ1n) is 8.16. The molecule has 1 amide bonds. The van der Waals surface area contributed by atoms with E-state index in [0.717, 1.165) is 11.9 Å². The molecule has 146 valence electrons. The van der Waals surface area contributed by atoms with E-state index in [1.807, 2.05) is 25.1 Å². The fraction of sp³-hybridized carbons (Fsp3) is 0.158. The summed E-state index contributed by atoms with van der Waals surface area (Å²) in [5.74, 6) is -0.900. The number of carbonyl (C=O) groups excluding carboxylic acids is 1. The number of anilines is 2. The van der Waals surface area contributed by atoms with E-state index in [4.69, 9.17) is 11.6 Å². The summed E-state index contributed by atoms with van der Waals surface area (Å²) in [5.41, 5.74) is -0.409. The molecule has 2 aromatic carbocycles. The largest absolute Gasteiger partial charge is 0.434 e. The number of aromatic nitrogens is 2. The smallest absolute Gasteiger partial charge is 0.378 e. The van der Waals surface area contributed by atoms with Gasteiger partial charge in [-0.15, -0.1) is 0 Å². The summed E-state index contributed by atoms with van der Waals surface area (Å²) in [6, 6.07) is 12.5. The summed E-state index contributed by atoms with van der Waals surface area (Å²) < 4.78 is 41.8. The normalized spacial score (nSPS) is 11.4. The highest BCUT2D eigenvalue weighted by Crippen LogP contribution is 2.34. The number of rotatable bonds is 4. The van der Waals surface area contributed by atoms with Gasteiger partial charge in [-0.2, -0.15) is 18.3 Å². The minimum absolute atomic E-state index is 0.144. The van der Waals surface area contributed by atoms with Gasteiger partial charge < -0.3 is 10.2 Å². The molecule has 1 N–H and O–H groups in total. The van der Waals surface area contributed by atoms with Gasteiger partial charge >= 0.3 is 6.18 Å². The van der Waals surface area contributed by atoms with Crippen LogP contribution in [0.3, 0.4) is 0 Å². The minimum atomic E-state index is -4.78. The van der Waals surface area contributed by atoms with Crippen molar-refractivity contribution >= 4 is 28.9 Å². The van der Waals surface area contributed by atoms with Gasteiger partial charge in [0.25, 0.3) is 5.91 Å². The molecule has 0 aliphatic heterocycles. The number of alkyl halides is 3. The Bertz CT molecular complexity index is 997. The summed E-state index contributed by atoms with van der Waals surface area (Å²) in [6.07, 6.45) is -3.88. The fourth-order valence-corrected chi connectivity index (χ4v) is 2.75. The molecular weight excluding hydrogens is 393 g/mol. The molecule has 1 heterocycles. The maximum absolute atomic E-state index is 13.7. The monoisotopic (exact) mass is 408 g/mol. The van der Waals surface area contributed by atoms with E-state index in [1.165, 1.54) is 24.3 Å². The van der Waals surface area contributed by atoms with E-state index >= 15 is 0 Å². The highest BCUT2D eigenvalue weighted by Gasteiger charge is 2.40. The van der Waals surface area contributed by atoms with Crippen LogP contribution in [0, 0.1) is 0 Å². The lowest BCUT2D eigenvalue weighted by atomic mass is 10.2. The Balaban J connectivity index is 1.98. The van der Waals surface area contributed by atoms with Crippen molar-refractivity contribution < 1.29 is 18.0 Å². The Labute approximate surface area is 164 Å². The van der Waals surface area contributed by atoms with Gasteiger partial charge in [0.2, 0.25) is 0 Å². The molecule has 0 aliphatic carbocycles. The van der Waals surface area contributed by atoms with Crippen molar-refractivity contribution in [2.45, 2.75) is 6.18 Å². The highest BCUT2D eigenvalue weighted by molar-refractivity contribution is 6.30. The van der Waals surface area contributed by atoms with Crippen molar-refractivity contribution in [1.82, 2.24) is 9.78 Å². The summed E-state index contributed by atoms with van der Waals surface area (Å²) in [5, 5.41) is 6.65. The van der Waals surface area contributed by atoms with E-state index in [1.54, 1.807) is 18.2 Å². The topological polar surface area (TPSA) is 50.2 Å². The Hall–Kier alpha value is -3.00. The number of amides is 1. The summed E-state index contributed by atoms with van der Waals surface area (Å²) >= 11 is 5.79. The molecule has 0 saturated heterocycles. The zero-order chi connectivity index (χ0) is 20.5. The maximum atomic E-state index is 13.7. The van der Waals surface area contributed by atoms with Gasteiger partial charge in [-0.3, -0.25) is 4.79 Å². The van der Waals surface area contributed by atoms with Crippen molar-refractivity contribution in [2.24, 2.45) is 0 Å². The van der Waals surface area contributed by atoms with Crippen LogP contribution in [-0.2, 0) is 6.18 Å². The lowest BCUT2D eigenvalue weighted by Crippen LogP contribution is -2.21. The maximum Gasteiger partial charge on any atom is 0.434 e. The molecule has 9 heteroatoms. The first kappa shape index (κ1) is 19.8. The standard InChI is InChI=1S/C19H16ClF3N4O/c1-26(2)15-5-3-4-13(10-15)25-18(28)16-11-24-27(17(16)19(21,22)23)14-8-6-12(20)7-9-14/h3-11H,1-2H3,(H,25,28). The predicted octanol–water partition coefficient (Wildman–Crippen LogP) is 4.86. The molecule has 1 aromatic heterocycles. The molecule has 0 bridgehead atoms. The molecule has 0 aliphatic rings. The number of nitrogens with zero attached hydrogens (tertiary/aromatic N) is 3. The van der Waals surface area contributed by atoms with Crippen LogP contribution < -0.4 is 10.2 Å². The van der Waals surface area contributed by atoms with Crippen molar-refractivity contribution in [3.05, 3.63) is 71.0 Å². The number of hydrogen-bond acceptors (Lipinski definition) is 3. The van der Waals surface area contributed by atoms with E-state index < -0.39 is 23.3 Å². The Morgan fingerprint density at radius 1 is 1.14 bits per heavy atom. The van der Waals surface area contributed by atoms with Gasteiger partial charge in [-0.25, -0.2) is 4.68 Å². The van der Waals surface area contributed by atoms with Gasteiger partial charge in [0.15, 0.2) is 5.69 Å². The van der Waals surface area contributed by atoms with Crippen LogP contribution in [0.25, 0.3) is 5.69 Å². The second-order valence-electron chi connectivity index (χ2n) is 6.19. The summed E-state index contributed by atoms with van der Waals surface area (Å²) in [7, 11) is 3.64. The molecule has 0 spiro atoms. The third kappa shape index (κ3) is 4.12. The van der Waals surface area contributed by atoms with Crippen LogP contribution >= 0.6 is 11.6 Å². The molecule has 3 aromatic rings. The second kappa shape index (κ2) is 7.55. The number of benzene rings is 2. The number of carbonyl (C=O) groups is 1. The minimum Gasteiger partial charge on any atom is -0.378 e. The molecule has 5 nitrogen and oxygen atoms in total. The third-order valence-corrected chi connectivity index (χ3v) is 4.23. The number of hydrogen-bond donors (Lipinski definition) is 1. The van der Waals surface area contributed by atoms with E-state index in [2.05, 4.69) is 10.4 Å². The van der Waals surface area contributed by atoms with Gasteiger partial charge in [-0.05, 0) is 42.5 Å². The quantitative estimate of drug-likeness (QED) is 0.670. The fourth-order valence-electron chi connectivity index (χ4n) is 2.63. The van der Waals surface area contributed by atoms with Crippen molar-refractivity contribution in [3.8, 4) is 5.69 Å². The average Bonchev–Trinajstić information content (AvgIpc) is 3.08. The van der Waals surface area contributed by atoms with Gasteiger partial charge in [0, 0.05) is 30.5 Å². The Kier molecular flexibility index (Phi) is 5.33. The summed E-state index contributed by atoms with van der Waals surface area (Å²) in [6.45, 7) is 0. The summed E-state index contributed by atoms with van der Waals surface area (Å²) in [4.78, 5) is 14.4. The lowest BCUT2D eigenvalue weighted by Gasteiger charge is -2.15. The number of halogens is 4. The van der Waals surface area contributed by atoms with Crippen molar-refractivity contribution in [2.75, 3.05) is 24.3 Å². The number of nitrogens with one attached hydrogen (secondary N) is 1. The van der Waals surface area contributed by atoms with Crippen LogP contribution in [-0.4, -0.2) is 29.8 Å². The average molecular weight is 409 g/mol. The van der Waals surface area contributed by atoms with Crippen LogP contribution in [0.4, 0.5) is 24.5 Å². The zero-order valence-electron chi connectivity index (χ0n) is 15.0. The van der Waals surface area contributed by atoms with Crippen LogP contribution in [0.1, 0.15) is 16.1 Å². The van der Waals surface area contributed by atoms with Crippen molar-refractivity contribution in [1.29, 1.82) is 0 Å². The first-order valence-corrected chi connectivity index (χ1v) is 8.54. The second-order valence-corrected chi connectivity index (χ2v) is 6.63. The molecule has 0 fully saturated rings. The van der Waals surface area contributed by atoms with E-state index in [-0.39, 0.29) is 5.69 Å².